The molecular formula is C10H10ClN3O2S. The average molecular weight is 272 g/mol. The summed E-state index contributed by atoms with van der Waals surface area (Å²) in [5.74, 6) is 1.02. The summed E-state index contributed by atoms with van der Waals surface area (Å²) in [6.07, 6.45) is -0.139. The molecule has 1 aliphatic rings. The summed E-state index contributed by atoms with van der Waals surface area (Å²) in [6, 6.07) is 1.81. The molecule has 1 fully saturated rings. The normalized spacial score (nSPS) is 20.6. The number of hydrogen-bond acceptors (Lipinski definition) is 6. The second-order valence-corrected chi connectivity index (χ2v) is 4.94. The summed E-state index contributed by atoms with van der Waals surface area (Å²) < 4.78 is 10.7. The van der Waals surface area contributed by atoms with Gasteiger partial charge in [0.15, 0.2) is 0 Å². The van der Waals surface area contributed by atoms with Crippen molar-refractivity contribution in [3.05, 3.63) is 22.3 Å². The van der Waals surface area contributed by atoms with E-state index in [0.717, 1.165) is 11.4 Å². The van der Waals surface area contributed by atoms with E-state index in [9.17, 15) is 0 Å². The zero-order valence-corrected chi connectivity index (χ0v) is 10.4. The molecule has 0 bridgehead atoms. The minimum atomic E-state index is -0.139. The van der Waals surface area contributed by atoms with E-state index in [4.69, 9.17) is 20.9 Å². The second-order valence-electron chi connectivity index (χ2n) is 3.62. The molecule has 3 heterocycles. The molecule has 0 radical (unpaired) electrons. The first-order valence-electron chi connectivity index (χ1n) is 5.24. The van der Waals surface area contributed by atoms with Gasteiger partial charge in [0.05, 0.1) is 11.6 Å². The highest BCUT2D eigenvalue weighted by Gasteiger charge is 2.22. The van der Waals surface area contributed by atoms with E-state index in [-0.39, 0.29) is 6.10 Å². The molecule has 1 aliphatic heterocycles. The van der Waals surface area contributed by atoms with Crippen molar-refractivity contribution in [3.63, 3.8) is 0 Å². The van der Waals surface area contributed by atoms with Crippen LogP contribution in [0.15, 0.2) is 16.0 Å². The molecule has 7 heteroatoms. The third-order valence-corrected chi connectivity index (χ3v) is 3.80. The number of halogens is 1. The van der Waals surface area contributed by atoms with E-state index in [2.05, 4.69) is 15.5 Å². The zero-order valence-electron chi connectivity index (χ0n) is 8.85. The minimum Gasteiger partial charge on any atom is -0.367 e. The lowest BCUT2D eigenvalue weighted by Crippen LogP contribution is -2.33. The number of thiophene rings is 1. The van der Waals surface area contributed by atoms with Gasteiger partial charge in [0.1, 0.15) is 11.0 Å². The van der Waals surface area contributed by atoms with Gasteiger partial charge in [-0.25, -0.2) is 0 Å². The molecule has 17 heavy (non-hydrogen) atoms. The van der Waals surface area contributed by atoms with Gasteiger partial charge < -0.3 is 14.6 Å². The molecule has 2 aromatic rings. The zero-order chi connectivity index (χ0) is 11.7. The molecule has 0 saturated carbocycles. The first kappa shape index (κ1) is 11.2. The first-order valence-corrected chi connectivity index (χ1v) is 6.49. The molecule has 2 aromatic heterocycles. The van der Waals surface area contributed by atoms with Crippen LogP contribution in [0.3, 0.4) is 0 Å². The van der Waals surface area contributed by atoms with Crippen LogP contribution in [0.5, 0.6) is 0 Å². The number of nitrogens with zero attached hydrogens (tertiary/aromatic N) is 2. The van der Waals surface area contributed by atoms with Crippen molar-refractivity contribution >= 4 is 22.9 Å². The Hall–Kier alpha value is -0.950. The van der Waals surface area contributed by atoms with E-state index in [1.807, 2.05) is 11.4 Å². The van der Waals surface area contributed by atoms with Crippen LogP contribution in [0, 0.1) is 0 Å². The predicted octanol–water partition coefficient (Wildman–Crippen LogP) is 2.11. The molecule has 5 nitrogen and oxygen atoms in total. The summed E-state index contributed by atoms with van der Waals surface area (Å²) in [6.45, 7) is 2.23. The van der Waals surface area contributed by atoms with E-state index in [1.54, 1.807) is 0 Å². The molecule has 1 saturated heterocycles. The Kier molecular flexibility index (Phi) is 3.11. The summed E-state index contributed by atoms with van der Waals surface area (Å²) in [5, 5.41) is 9.67. The molecule has 1 N–H and O–H groups in total. The van der Waals surface area contributed by atoms with Crippen LogP contribution in [-0.2, 0) is 4.74 Å². The molecule has 0 aromatic carbocycles. The smallest absolute Gasteiger partial charge is 0.269 e. The standard InChI is InChI=1S/C10H10ClN3O2S/c11-6-1-4-17-8(6)10-13-9(14-16-10)7-5-12-2-3-15-7/h1,4,7,12H,2-3,5H2. The minimum absolute atomic E-state index is 0.139. The van der Waals surface area contributed by atoms with Crippen molar-refractivity contribution in [2.45, 2.75) is 6.10 Å². The fourth-order valence-corrected chi connectivity index (χ4v) is 2.69. The third-order valence-electron chi connectivity index (χ3n) is 2.47. The largest absolute Gasteiger partial charge is 0.367 e. The Bertz CT molecular complexity index is 507. The lowest BCUT2D eigenvalue weighted by Gasteiger charge is -2.20. The van der Waals surface area contributed by atoms with Gasteiger partial charge in [-0.3, -0.25) is 0 Å². The quantitative estimate of drug-likeness (QED) is 0.907. The second kappa shape index (κ2) is 4.73. The highest BCUT2D eigenvalue weighted by Crippen LogP contribution is 2.32. The molecule has 90 valence electrons. The molecule has 0 spiro atoms. The van der Waals surface area contributed by atoms with E-state index in [0.29, 0.717) is 29.9 Å². The van der Waals surface area contributed by atoms with Crippen LogP contribution < -0.4 is 5.32 Å². The molecule has 0 amide bonds. The number of aromatic nitrogens is 2. The maximum Gasteiger partial charge on any atom is 0.269 e. The average Bonchev–Trinajstić information content (AvgIpc) is 2.98. The SMILES string of the molecule is Clc1ccsc1-c1nc(C2CNCCO2)no1. The van der Waals surface area contributed by atoms with Crippen LogP contribution in [0.2, 0.25) is 5.02 Å². The molecule has 1 unspecified atom stereocenters. The number of hydrogen-bond donors (Lipinski definition) is 1. The van der Waals surface area contributed by atoms with Crippen molar-refractivity contribution in [2.75, 3.05) is 19.7 Å². The van der Waals surface area contributed by atoms with E-state index in [1.165, 1.54) is 11.3 Å². The summed E-state index contributed by atoms with van der Waals surface area (Å²) >= 11 is 7.49. The monoisotopic (exact) mass is 271 g/mol. The fraction of sp³-hybridized carbons (Fsp3) is 0.400. The molecule has 0 aliphatic carbocycles. The molecule has 3 rings (SSSR count). The summed E-state index contributed by atoms with van der Waals surface area (Å²) in [5.41, 5.74) is 0. The van der Waals surface area contributed by atoms with Crippen LogP contribution >= 0.6 is 22.9 Å². The third kappa shape index (κ3) is 2.21. The number of rotatable bonds is 2. The number of nitrogens with one attached hydrogen (secondary N) is 1. The van der Waals surface area contributed by atoms with E-state index >= 15 is 0 Å². The van der Waals surface area contributed by atoms with Crippen molar-refractivity contribution in [2.24, 2.45) is 0 Å². The van der Waals surface area contributed by atoms with Gasteiger partial charge in [-0.15, -0.1) is 11.3 Å². The Morgan fingerprint density at radius 2 is 2.47 bits per heavy atom. The van der Waals surface area contributed by atoms with Gasteiger partial charge in [0.2, 0.25) is 5.82 Å². The Morgan fingerprint density at radius 3 is 3.18 bits per heavy atom. The number of ether oxygens (including phenoxy) is 1. The lowest BCUT2D eigenvalue weighted by molar-refractivity contribution is 0.0208. The van der Waals surface area contributed by atoms with Gasteiger partial charge in [-0.05, 0) is 11.4 Å². The van der Waals surface area contributed by atoms with Gasteiger partial charge in [-0.1, -0.05) is 16.8 Å². The summed E-state index contributed by atoms with van der Waals surface area (Å²) in [7, 11) is 0. The Labute approximate surface area is 107 Å². The maximum absolute atomic E-state index is 6.01. The van der Waals surface area contributed by atoms with Crippen molar-refractivity contribution in [1.82, 2.24) is 15.5 Å². The van der Waals surface area contributed by atoms with Crippen LogP contribution in [0.25, 0.3) is 10.8 Å². The summed E-state index contributed by atoms with van der Waals surface area (Å²) in [4.78, 5) is 5.12. The molecular weight excluding hydrogens is 262 g/mol. The van der Waals surface area contributed by atoms with Crippen molar-refractivity contribution in [3.8, 4) is 10.8 Å². The van der Waals surface area contributed by atoms with Gasteiger partial charge in [0, 0.05) is 13.1 Å². The van der Waals surface area contributed by atoms with Crippen LogP contribution in [0.4, 0.5) is 0 Å². The topological polar surface area (TPSA) is 60.2 Å². The van der Waals surface area contributed by atoms with Gasteiger partial charge >= 0.3 is 0 Å². The highest BCUT2D eigenvalue weighted by molar-refractivity contribution is 7.14. The number of morpholine rings is 1. The Balaban J connectivity index is 1.85. The van der Waals surface area contributed by atoms with Crippen molar-refractivity contribution < 1.29 is 9.26 Å². The maximum atomic E-state index is 6.01. The Morgan fingerprint density at radius 1 is 1.53 bits per heavy atom. The van der Waals surface area contributed by atoms with Crippen LogP contribution in [-0.4, -0.2) is 29.8 Å². The first-order chi connectivity index (χ1) is 8.34. The van der Waals surface area contributed by atoms with Crippen LogP contribution in [0.1, 0.15) is 11.9 Å². The predicted molar refractivity (Wildman–Crippen MR) is 64.2 cm³/mol. The van der Waals surface area contributed by atoms with Gasteiger partial charge in [0.25, 0.3) is 5.89 Å². The van der Waals surface area contributed by atoms with Crippen molar-refractivity contribution in [1.29, 1.82) is 0 Å². The fourth-order valence-electron chi connectivity index (χ4n) is 1.64. The lowest BCUT2D eigenvalue weighted by atomic mass is 10.3. The van der Waals surface area contributed by atoms with Gasteiger partial charge in [-0.2, -0.15) is 4.98 Å². The molecule has 1 atom stereocenters. The highest BCUT2D eigenvalue weighted by atomic mass is 35.5. The van der Waals surface area contributed by atoms with E-state index < -0.39 is 0 Å².